The molecule has 0 radical (unpaired) electrons. The monoisotopic (exact) mass is 493 g/mol. The van der Waals surface area contributed by atoms with Gasteiger partial charge in [-0.15, -0.1) is 0 Å². The van der Waals surface area contributed by atoms with E-state index >= 15 is 0 Å². The highest BCUT2D eigenvalue weighted by molar-refractivity contribution is 5.38. The Labute approximate surface area is 214 Å². The van der Waals surface area contributed by atoms with E-state index < -0.39 is 0 Å². The first-order chi connectivity index (χ1) is 17.3. The number of hydrogen-bond acceptors (Lipinski definition) is 3. The molecule has 3 nitrogen and oxygen atoms in total. The summed E-state index contributed by atoms with van der Waals surface area (Å²) in [4.78, 5) is 2.46. The summed E-state index contributed by atoms with van der Waals surface area (Å²) in [6.07, 6.45) is 2.56. The van der Waals surface area contributed by atoms with Crippen LogP contribution >= 0.6 is 0 Å². The summed E-state index contributed by atoms with van der Waals surface area (Å²) < 4.78 is 39.7. The van der Waals surface area contributed by atoms with E-state index in [1.807, 2.05) is 6.07 Å². The van der Waals surface area contributed by atoms with Gasteiger partial charge in [0, 0.05) is 19.6 Å². The molecule has 0 aromatic heterocycles. The Morgan fingerprint density at radius 1 is 0.833 bits per heavy atom. The Morgan fingerprint density at radius 2 is 1.39 bits per heavy atom. The highest BCUT2D eigenvalue weighted by Crippen LogP contribution is 2.32. The van der Waals surface area contributed by atoms with Crippen LogP contribution in [0.1, 0.15) is 62.8 Å². The van der Waals surface area contributed by atoms with Gasteiger partial charge in [0.25, 0.3) is 0 Å². The van der Waals surface area contributed by atoms with Gasteiger partial charge in [0.05, 0.1) is 12.7 Å². The molecule has 1 saturated heterocycles. The van der Waals surface area contributed by atoms with Gasteiger partial charge in [0.1, 0.15) is 23.5 Å². The number of hydrogen-bond donors (Lipinski definition) is 0. The fourth-order valence-electron chi connectivity index (χ4n) is 4.77. The second-order valence-electron chi connectivity index (χ2n) is 10.6. The number of nitrogens with zero attached hydrogens (tertiary/aromatic N) is 1. The van der Waals surface area contributed by atoms with Crippen LogP contribution in [0, 0.1) is 11.6 Å². The van der Waals surface area contributed by atoms with Crippen molar-refractivity contribution in [1.29, 1.82) is 0 Å². The summed E-state index contributed by atoms with van der Waals surface area (Å²) in [5, 5.41) is 0. The van der Waals surface area contributed by atoms with E-state index in [-0.39, 0.29) is 29.3 Å². The lowest BCUT2D eigenvalue weighted by Crippen LogP contribution is -2.38. The molecule has 0 aliphatic carbocycles. The Balaban J connectivity index is 1.27. The van der Waals surface area contributed by atoms with Crippen LogP contribution in [0.3, 0.4) is 0 Å². The average Bonchev–Trinajstić information content (AvgIpc) is 2.87. The fraction of sp³-hybridized carbons (Fsp3) is 0.419. The molecule has 1 heterocycles. The Hall–Kier alpha value is -2.76. The predicted molar refractivity (Wildman–Crippen MR) is 140 cm³/mol. The highest BCUT2D eigenvalue weighted by Gasteiger charge is 2.25. The van der Waals surface area contributed by atoms with Crippen LogP contribution in [0.5, 0.6) is 5.75 Å². The third-order valence-corrected chi connectivity index (χ3v) is 6.78. The molecular weight excluding hydrogens is 456 g/mol. The van der Waals surface area contributed by atoms with Crippen LogP contribution in [-0.2, 0) is 10.2 Å². The quantitative estimate of drug-likeness (QED) is 0.292. The minimum atomic E-state index is -0.348. The molecule has 0 saturated carbocycles. The van der Waals surface area contributed by atoms with Crippen molar-refractivity contribution in [3.05, 3.63) is 101 Å². The molecule has 0 amide bonds. The zero-order valence-electron chi connectivity index (χ0n) is 21.6. The fourth-order valence-corrected chi connectivity index (χ4v) is 4.77. The SMILES string of the molecule is CC(C)(C)c1ccccc1OCCCN1CCC(OC(c2ccc(F)cc2)c2ccc(F)cc2)CC1. The Bertz CT molecular complexity index is 1040. The van der Waals surface area contributed by atoms with E-state index in [1.165, 1.54) is 29.8 Å². The molecule has 4 rings (SSSR count). The van der Waals surface area contributed by atoms with Gasteiger partial charge >= 0.3 is 0 Å². The Kier molecular flexibility index (Phi) is 8.76. The van der Waals surface area contributed by atoms with Gasteiger partial charge in [-0.3, -0.25) is 0 Å². The van der Waals surface area contributed by atoms with E-state index in [0.29, 0.717) is 6.61 Å². The van der Waals surface area contributed by atoms with Crippen molar-refractivity contribution in [3.63, 3.8) is 0 Å². The number of ether oxygens (including phenoxy) is 2. The topological polar surface area (TPSA) is 21.7 Å². The largest absolute Gasteiger partial charge is 0.493 e. The summed E-state index contributed by atoms with van der Waals surface area (Å²) in [7, 11) is 0. The minimum Gasteiger partial charge on any atom is -0.493 e. The zero-order valence-corrected chi connectivity index (χ0v) is 21.6. The number of benzene rings is 3. The summed E-state index contributed by atoms with van der Waals surface area (Å²) in [6, 6.07) is 21.1. The van der Waals surface area contributed by atoms with Gasteiger partial charge in [-0.1, -0.05) is 63.2 Å². The van der Waals surface area contributed by atoms with Crippen LogP contribution in [0.25, 0.3) is 0 Å². The molecule has 0 unspecified atom stereocenters. The number of likely N-dealkylation sites (tertiary alicyclic amines) is 1. The van der Waals surface area contributed by atoms with Crippen molar-refractivity contribution in [3.8, 4) is 5.75 Å². The van der Waals surface area contributed by atoms with Crippen molar-refractivity contribution < 1.29 is 18.3 Å². The van der Waals surface area contributed by atoms with Gasteiger partial charge in [-0.05, 0) is 71.7 Å². The van der Waals surface area contributed by atoms with Crippen LogP contribution in [0.4, 0.5) is 8.78 Å². The zero-order chi connectivity index (χ0) is 25.5. The number of halogens is 2. The number of piperidine rings is 1. The standard InChI is InChI=1S/C31H37F2NO2/c1-31(2,3)28-7-4-5-8-29(28)35-22-6-19-34-20-17-27(18-21-34)36-30(23-9-13-25(32)14-10-23)24-11-15-26(33)16-12-24/h4-5,7-16,27,30H,6,17-22H2,1-3H3. The summed E-state index contributed by atoms with van der Waals surface area (Å²) in [6.45, 7) is 10.2. The minimum absolute atomic E-state index is 0.0537. The normalized spacial score (nSPS) is 15.4. The van der Waals surface area contributed by atoms with Crippen molar-refractivity contribution >= 4 is 0 Å². The third-order valence-electron chi connectivity index (χ3n) is 6.78. The molecule has 36 heavy (non-hydrogen) atoms. The molecule has 0 spiro atoms. The van der Waals surface area contributed by atoms with Crippen molar-refractivity contribution in [2.75, 3.05) is 26.2 Å². The lowest BCUT2D eigenvalue weighted by molar-refractivity contribution is -0.0273. The number of para-hydroxylation sites is 1. The first-order valence-electron chi connectivity index (χ1n) is 12.9. The van der Waals surface area contributed by atoms with Gasteiger partial charge in [0.15, 0.2) is 0 Å². The van der Waals surface area contributed by atoms with Crippen LogP contribution in [0.2, 0.25) is 0 Å². The first-order valence-corrected chi connectivity index (χ1v) is 12.9. The average molecular weight is 494 g/mol. The van der Waals surface area contributed by atoms with Crippen LogP contribution in [0.15, 0.2) is 72.8 Å². The summed E-state index contributed by atoms with van der Waals surface area (Å²) >= 11 is 0. The lowest BCUT2D eigenvalue weighted by atomic mass is 9.86. The molecule has 0 N–H and O–H groups in total. The molecule has 5 heteroatoms. The van der Waals surface area contributed by atoms with Crippen molar-refractivity contribution in [1.82, 2.24) is 4.90 Å². The second kappa shape index (κ2) is 12.0. The molecule has 1 aliphatic heterocycles. The third kappa shape index (κ3) is 7.14. The van der Waals surface area contributed by atoms with Crippen LogP contribution in [-0.4, -0.2) is 37.2 Å². The molecule has 3 aromatic carbocycles. The summed E-state index contributed by atoms with van der Waals surface area (Å²) in [5.41, 5.74) is 3.04. The molecule has 0 bridgehead atoms. The van der Waals surface area contributed by atoms with Crippen molar-refractivity contribution in [2.24, 2.45) is 0 Å². The van der Waals surface area contributed by atoms with Crippen LogP contribution < -0.4 is 4.74 Å². The van der Waals surface area contributed by atoms with Gasteiger partial charge in [-0.2, -0.15) is 0 Å². The molecule has 0 atom stereocenters. The first kappa shape index (κ1) is 26.3. The maximum atomic E-state index is 13.5. The maximum Gasteiger partial charge on any atom is 0.123 e. The van der Waals surface area contributed by atoms with E-state index in [9.17, 15) is 8.78 Å². The molecule has 1 aliphatic rings. The molecule has 3 aromatic rings. The Morgan fingerprint density at radius 3 is 1.94 bits per heavy atom. The van der Waals surface area contributed by atoms with E-state index in [4.69, 9.17) is 9.47 Å². The van der Waals surface area contributed by atoms with E-state index in [0.717, 1.165) is 55.8 Å². The molecule has 1 fully saturated rings. The van der Waals surface area contributed by atoms with Gasteiger partial charge in [0.2, 0.25) is 0 Å². The number of rotatable bonds is 9. The molecular formula is C31H37F2NO2. The van der Waals surface area contributed by atoms with E-state index in [1.54, 1.807) is 24.3 Å². The van der Waals surface area contributed by atoms with E-state index in [2.05, 4.69) is 43.9 Å². The predicted octanol–water partition coefficient (Wildman–Crippen LogP) is 7.30. The van der Waals surface area contributed by atoms with Gasteiger partial charge < -0.3 is 14.4 Å². The van der Waals surface area contributed by atoms with Crippen molar-refractivity contribution in [2.45, 2.75) is 57.7 Å². The highest BCUT2D eigenvalue weighted by atomic mass is 19.1. The smallest absolute Gasteiger partial charge is 0.123 e. The maximum absolute atomic E-state index is 13.5. The summed E-state index contributed by atoms with van der Waals surface area (Å²) in [5.74, 6) is 0.413. The second-order valence-corrected chi connectivity index (χ2v) is 10.6. The lowest BCUT2D eigenvalue weighted by Gasteiger charge is -2.34. The molecule has 192 valence electrons. The van der Waals surface area contributed by atoms with Gasteiger partial charge in [-0.25, -0.2) is 8.78 Å².